The number of aromatic carboxylic acids is 1. The number of aromatic amines is 1. The Morgan fingerprint density at radius 2 is 1.89 bits per heavy atom. The summed E-state index contributed by atoms with van der Waals surface area (Å²) in [5.41, 5.74) is -0.505. The Labute approximate surface area is 101 Å². The first-order valence-electron chi connectivity index (χ1n) is 5.33. The number of carbonyl (C=O) groups is 1. The molecular weight excluding hydrogens is 238 g/mol. The SMILES string of the molecule is O=C([O-])c1c[nH]c2cc3c(cc2c1=O)OCCO3. The van der Waals surface area contributed by atoms with E-state index in [4.69, 9.17) is 9.47 Å². The highest BCUT2D eigenvalue weighted by Crippen LogP contribution is 2.32. The quantitative estimate of drug-likeness (QED) is 0.743. The predicted molar refractivity (Wildman–Crippen MR) is 59.9 cm³/mol. The van der Waals surface area contributed by atoms with Gasteiger partial charge in [0.05, 0.1) is 22.4 Å². The number of nitrogens with one attached hydrogen (secondary N) is 1. The maximum absolute atomic E-state index is 11.9. The van der Waals surface area contributed by atoms with E-state index in [2.05, 4.69) is 4.98 Å². The van der Waals surface area contributed by atoms with E-state index in [9.17, 15) is 14.7 Å². The van der Waals surface area contributed by atoms with Crippen molar-refractivity contribution >= 4 is 16.9 Å². The standard InChI is InChI=1S/C12H9NO5/c14-11-6-3-9-10(18-2-1-17-9)4-8(6)13-5-7(11)12(15)16/h3-5H,1-2H2,(H,13,14)(H,15,16)/p-1. The van der Waals surface area contributed by atoms with Gasteiger partial charge in [0.1, 0.15) is 13.2 Å². The van der Waals surface area contributed by atoms with Crippen molar-refractivity contribution in [3.63, 3.8) is 0 Å². The minimum Gasteiger partial charge on any atom is -0.545 e. The van der Waals surface area contributed by atoms with Gasteiger partial charge in [-0.3, -0.25) is 4.79 Å². The molecule has 1 aromatic heterocycles. The average Bonchev–Trinajstić information content (AvgIpc) is 2.37. The molecule has 3 rings (SSSR count). The Kier molecular flexibility index (Phi) is 2.22. The van der Waals surface area contributed by atoms with Crippen LogP contribution in [0.1, 0.15) is 10.4 Å². The number of carboxylic acid groups (broad SMARTS) is 1. The van der Waals surface area contributed by atoms with Crippen molar-refractivity contribution in [2.24, 2.45) is 0 Å². The van der Waals surface area contributed by atoms with Crippen molar-refractivity contribution < 1.29 is 19.4 Å². The Morgan fingerprint density at radius 1 is 1.22 bits per heavy atom. The zero-order chi connectivity index (χ0) is 12.7. The number of carboxylic acids is 1. The molecule has 2 aromatic rings. The highest BCUT2D eigenvalue weighted by Gasteiger charge is 2.15. The van der Waals surface area contributed by atoms with E-state index in [1.807, 2.05) is 0 Å². The van der Waals surface area contributed by atoms with E-state index in [1.165, 1.54) is 6.07 Å². The van der Waals surface area contributed by atoms with Crippen molar-refractivity contribution in [3.05, 3.63) is 34.1 Å². The minimum atomic E-state index is -1.51. The van der Waals surface area contributed by atoms with Crippen LogP contribution in [0.25, 0.3) is 10.9 Å². The lowest BCUT2D eigenvalue weighted by atomic mass is 10.1. The molecule has 92 valence electrons. The van der Waals surface area contributed by atoms with Crippen molar-refractivity contribution in [1.29, 1.82) is 0 Å². The van der Waals surface area contributed by atoms with Gasteiger partial charge >= 0.3 is 0 Å². The van der Waals surface area contributed by atoms with E-state index >= 15 is 0 Å². The molecule has 18 heavy (non-hydrogen) atoms. The Hall–Kier alpha value is -2.50. The zero-order valence-electron chi connectivity index (χ0n) is 9.19. The molecule has 0 saturated heterocycles. The van der Waals surface area contributed by atoms with Crippen LogP contribution >= 0.6 is 0 Å². The van der Waals surface area contributed by atoms with Gasteiger partial charge < -0.3 is 24.4 Å². The van der Waals surface area contributed by atoms with Gasteiger partial charge in [-0.1, -0.05) is 0 Å². The maximum Gasteiger partial charge on any atom is 0.198 e. The molecule has 6 nitrogen and oxygen atoms in total. The minimum absolute atomic E-state index is 0.237. The second-order valence-electron chi connectivity index (χ2n) is 3.86. The number of ether oxygens (including phenoxy) is 2. The molecule has 2 heterocycles. The van der Waals surface area contributed by atoms with Crippen LogP contribution in [0, 0.1) is 0 Å². The van der Waals surface area contributed by atoms with Gasteiger partial charge in [0, 0.05) is 12.3 Å². The molecule has 1 N–H and O–H groups in total. The first kappa shape index (κ1) is 10.6. The van der Waals surface area contributed by atoms with E-state index in [-0.39, 0.29) is 5.39 Å². The van der Waals surface area contributed by atoms with Crippen LogP contribution in [-0.4, -0.2) is 24.2 Å². The Balaban J connectivity index is 2.32. The molecule has 0 fully saturated rings. The highest BCUT2D eigenvalue weighted by molar-refractivity contribution is 5.92. The molecule has 0 saturated carbocycles. The van der Waals surface area contributed by atoms with Crippen LogP contribution in [0.4, 0.5) is 0 Å². The normalized spacial score (nSPS) is 13.6. The lowest BCUT2D eigenvalue weighted by Crippen LogP contribution is -2.29. The molecule has 1 aliphatic rings. The smallest absolute Gasteiger partial charge is 0.198 e. The molecule has 1 aromatic carbocycles. The number of pyridine rings is 1. The number of aromatic nitrogens is 1. The molecule has 1 aliphatic heterocycles. The summed E-state index contributed by atoms with van der Waals surface area (Å²) in [7, 11) is 0. The molecule has 0 aliphatic carbocycles. The summed E-state index contributed by atoms with van der Waals surface area (Å²) in [6.45, 7) is 0.844. The van der Waals surface area contributed by atoms with Gasteiger partial charge in [-0.25, -0.2) is 0 Å². The second kappa shape index (κ2) is 3.76. The summed E-state index contributed by atoms with van der Waals surface area (Å²) in [6, 6.07) is 3.10. The summed E-state index contributed by atoms with van der Waals surface area (Å²) < 4.78 is 10.7. The predicted octanol–water partition coefficient (Wildman–Crippen LogP) is -0.337. The number of hydrogen-bond acceptors (Lipinski definition) is 5. The van der Waals surface area contributed by atoms with Crippen LogP contribution in [0.2, 0.25) is 0 Å². The molecule has 0 spiro atoms. The summed E-state index contributed by atoms with van der Waals surface area (Å²) in [5.74, 6) is -0.534. The number of H-pyrrole nitrogens is 1. The fourth-order valence-corrected chi connectivity index (χ4v) is 1.91. The lowest BCUT2D eigenvalue weighted by Gasteiger charge is -2.18. The first-order chi connectivity index (χ1) is 8.66. The monoisotopic (exact) mass is 246 g/mol. The number of rotatable bonds is 1. The van der Waals surface area contributed by atoms with Crippen molar-refractivity contribution in [2.45, 2.75) is 0 Å². The van der Waals surface area contributed by atoms with Gasteiger partial charge in [0.2, 0.25) is 0 Å². The van der Waals surface area contributed by atoms with Crippen LogP contribution < -0.4 is 20.0 Å². The fraction of sp³-hybridized carbons (Fsp3) is 0.167. The van der Waals surface area contributed by atoms with E-state index in [0.717, 1.165) is 6.20 Å². The fourth-order valence-electron chi connectivity index (χ4n) is 1.91. The summed E-state index contributed by atoms with van der Waals surface area (Å²) in [4.78, 5) is 25.4. The lowest BCUT2D eigenvalue weighted by molar-refractivity contribution is -0.255. The van der Waals surface area contributed by atoms with Crippen molar-refractivity contribution in [2.75, 3.05) is 13.2 Å². The molecule has 6 heteroatoms. The summed E-state index contributed by atoms with van der Waals surface area (Å²) in [6.07, 6.45) is 1.12. The number of carbonyl (C=O) groups excluding carboxylic acids is 1. The van der Waals surface area contributed by atoms with E-state index < -0.39 is 17.0 Å². The summed E-state index contributed by atoms with van der Waals surface area (Å²) >= 11 is 0. The van der Waals surface area contributed by atoms with E-state index in [0.29, 0.717) is 30.2 Å². The number of benzene rings is 1. The Bertz CT molecular complexity index is 703. The van der Waals surface area contributed by atoms with Gasteiger partial charge in [0.25, 0.3) is 0 Å². The highest BCUT2D eigenvalue weighted by atomic mass is 16.6. The second-order valence-corrected chi connectivity index (χ2v) is 3.86. The van der Waals surface area contributed by atoms with E-state index in [1.54, 1.807) is 6.07 Å². The molecular formula is C12H8NO5-. The van der Waals surface area contributed by atoms with Crippen LogP contribution in [0.5, 0.6) is 11.5 Å². The van der Waals surface area contributed by atoms with Gasteiger partial charge in [0.15, 0.2) is 16.9 Å². The third-order valence-corrected chi connectivity index (χ3v) is 2.76. The maximum atomic E-state index is 11.9. The van der Waals surface area contributed by atoms with Crippen LogP contribution in [0.15, 0.2) is 23.1 Å². The molecule has 0 unspecified atom stereocenters. The first-order valence-corrected chi connectivity index (χ1v) is 5.33. The molecule has 0 bridgehead atoms. The number of fused-ring (bicyclic) bond motifs is 2. The molecule has 0 atom stereocenters. The topological polar surface area (TPSA) is 91.5 Å². The third-order valence-electron chi connectivity index (χ3n) is 2.76. The third kappa shape index (κ3) is 1.50. The van der Waals surface area contributed by atoms with Crippen molar-refractivity contribution in [3.8, 4) is 11.5 Å². The largest absolute Gasteiger partial charge is 0.545 e. The van der Waals surface area contributed by atoms with Crippen molar-refractivity contribution in [1.82, 2.24) is 4.98 Å². The average molecular weight is 246 g/mol. The number of hydrogen-bond donors (Lipinski definition) is 1. The van der Waals surface area contributed by atoms with Gasteiger partial charge in [-0.2, -0.15) is 0 Å². The van der Waals surface area contributed by atoms with Gasteiger partial charge in [-0.05, 0) is 6.07 Å². The summed E-state index contributed by atoms with van der Waals surface area (Å²) in [5, 5.41) is 11.0. The van der Waals surface area contributed by atoms with Gasteiger partial charge in [-0.15, -0.1) is 0 Å². The van der Waals surface area contributed by atoms with Crippen LogP contribution in [-0.2, 0) is 0 Å². The molecule has 0 amide bonds. The zero-order valence-corrected chi connectivity index (χ0v) is 9.19. The van der Waals surface area contributed by atoms with Crippen LogP contribution in [0.3, 0.4) is 0 Å². The Morgan fingerprint density at radius 3 is 2.56 bits per heavy atom. The molecule has 0 radical (unpaired) electrons.